The SMILES string of the molecule is [2H]C([2H])([2H])Oc1ncncc1B(O)O. The summed E-state index contributed by atoms with van der Waals surface area (Å²) < 4.78 is 24.8. The molecule has 5 nitrogen and oxygen atoms in total. The van der Waals surface area contributed by atoms with Gasteiger partial charge in [-0.05, 0) is 0 Å². The molecule has 0 bridgehead atoms. The van der Waals surface area contributed by atoms with Crippen LogP contribution in [-0.2, 0) is 0 Å². The van der Waals surface area contributed by atoms with Crippen LogP contribution < -0.4 is 10.2 Å². The lowest BCUT2D eigenvalue weighted by Gasteiger charge is -2.03. The molecule has 6 heteroatoms. The van der Waals surface area contributed by atoms with E-state index in [1.165, 1.54) is 0 Å². The average Bonchev–Trinajstić information content (AvgIpc) is 2.01. The second kappa shape index (κ2) is 3.31. The van der Waals surface area contributed by atoms with Crippen LogP contribution in [0.15, 0.2) is 12.5 Å². The van der Waals surface area contributed by atoms with Gasteiger partial charge in [0.15, 0.2) is 0 Å². The smallest absolute Gasteiger partial charge is 0.481 e. The molecule has 0 atom stereocenters. The van der Waals surface area contributed by atoms with Crippen LogP contribution in [0.1, 0.15) is 4.11 Å². The molecule has 0 aliphatic heterocycles. The quantitative estimate of drug-likeness (QED) is 0.493. The predicted octanol–water partition coefficient (Wildman–Crippen LogP) is -1.83. The summed E-state index contributed by atoms with van der Waals surface area (Å²) >= 11 is 0. The molecule has 0 saturated carbocycles. The molecule has 1 heterocycles. The third-order valence-corrected chi connectivity index (χ3v) is 1.08. The Morgan fingerprint density at radius 1 is 1.73 bits per heavy atom. The molecule has 0 aromatic carbocycles. The maximum Gasteiger partial charge on any atom is 0.495 e. The Balaban J connectivity index is 2.96. The maximum atomic E-state index is 8.81. The second-order valence-corrected chi connectivity index (χ2v) is 1.76. The number of rotatable bonds is 2. The summed E-state index contributed by atoms with van der Waals surface area (Å²) in [7, 11) is -4.55. The molecule has 0 saturated heterocycles. The van der Waals surface area contributed by atoms with Crippen molar-refractivity contribution in [3.8, 4) is 5.88 Å². The molecule has 0 aliphatic rings. The largest absolute Gasteiger partial charge is 0.495 e. The van der Waals surface area contributed by atoms with Gasteiger partial charge in [-0.25, -0.2) is 9.97 Å². The van der Waals surface area contributed by atoms with E-state index in [0.717, 1.165) is 12.5 Å². The third kappa shape index (κ3) is 1.66. The van der Waals surface area contributed by atoms with Crippen LogP contribution in [0.3, 0.4) is 0 Å². The van der Waals surface area contributed by atoms with Crippen LogP contribution >= 0.6 is 0 Å². The fourth-order valence-electron chi connectivity index (χ4n) is 0.592. The summed E-state index contributed by atoms with van der Waals surface area (Å²) in [5.41, 5.74) is -0.191. The Kier molecular flexibility index (Phi) is 1.41. The topological polar surface area (TPSA) is 75.5 Å². The minimum atomic E-state index is -2.68. The molecule has 1 aromatic rings. The number of methoxy groups -OCH3 is 1. The Morgan fingerprint density at radius 3 is 3.18 bits per heavy atom. The van der Waals surface area contributed by atoms with Crippen molar-refractivity contribution in [2.24, 2.45) is 0 Å². The highest BCUT2D eigenvalue weighted by molar-refractivity contribution is 6.59. The monoisotopic (exact) mass is 157 g/mol. The Hall–Kier alpha value is -1.14. The van der Waals surface area contributed by atoms with Crippen molar-refractivity contribution in [1.29, 1.82) is 0 Å². The molecule has 0 spiro atoms. The van der Waals surface area contributed by atoms with Crippen molar-refractivity contribution in [2.45, 2.75) is 0 Å². The first kappa shape index (κ1) is 4.68. The first-order valence-corrected chi connectivity index (χ1v) is 2.75. The van der Waals surface area contributed by atoms with E-state index in [1.807, 2.05) is 0 Å². The van der Waals surface area contributed by atoms with Crippen molar-refractivity contribution in [1.82, 2.24) is 9.97 Å². The number of hydrogen-bond donors (Lipinski definition) is 2. The summed E-state index contributed by atoms with van der Waals surface area (Å²) in [5, 5.41) is 17.6. The summed E-state index contributed by atoms with van der Waals surface area (Å²) in [4.78, 5) is 6.97. The van der Waals surface area contributed by atoms with E-state index in [0.29, 0.717) is 0 Å². The van der Waals surface area contributed by atoms with E-state index in [1.54, 1.807) is 0 Å². The van der Waals surface area contributed by atoms with Crippen LogP contribution in [0.25, 0.3) is 0 Å². The maximum absolute atomic E-state index is 8.81. The van der Waals surface area contributed by atoms with E-state index >= 15 is 0 Å². The number of hydrogen-bond acceptors (Lipinski definition) is 5. The van der Waals surface area contributed by atoms with Gasteiger partial charge in [-0.3, -0.25) is 0 Å². The minimum absolute atomic E-state index is 0.191. The third-order valence-electron chi connectivity index (χ3n) is 1.08. The van der Waals surface area contributed by atoms with Crippen molar-refractivity contribution in [2.75, 3.05) is 7.04 Å². The lowest BCUT2D eigenvalue weighted by molar-refractivity contribution is 0.390. The molecule has 0 radical (unpaired) electrons. The van der Waals surface area contributed by atoms with Crippen molar-refractivity contribution >= 4 is 12.6 Å². The Morgan fingerprint density at radius 2 is 2.55 bits per heavy atom. The highest BCUT2D eigenvalue weighted by atomic mass is 16.5. The predicted molar refractivity (Wildman–Crippen MR) is 38.4 cm³/mol. The molecule has 0 fully saturated rings. The van der Waals surface area contributed by atoms with Crippen molar-refractivity contribution in [3.63, 3.8) is 0 Å². The zero-order valence-corrected chi connectivity index (χ0v) is 5.43. The van der Waals surface area contributed by atoms with Crippen LogP contribution in [0.4, 0.5) is 0 Å². The Bertz CT molecular complexity index is 319. The summed E-state index contributed by atoms with van der Waals surface area (Å²) in [6.07, 6.45) is 2.12. The van der Waals surface area contributed by atoms with Gasteiger partial charge in [0.25, 0.3) is 0 Å². The van der Waals surface area contributed by atoms with E-state index in [2.05, 4.69) is 14.7 Å². The molecule has 1 rings (SSSR count). The van der Waals surface area contributed by atoms with Crippen LogP contribution in [0, 0.1) is 0 Å². The zero-order valence-electron chi connectivity index (χ0n) is 8.43. The lowest BCUT2D eigenvalue weighted by Crippen LogP contribution is -2.32. The van der Waals surface area contributed by atoms with Crippen molar-refractivity contribution < 1.29 is 18.9 Å². The molecule has 58 valence electrons. The van der Waals surface area contributed by atoms with Crippen LogP contribution in [-0.4, -0.2) is 34.2 Å². The fourth-order valence-corrected chi connectivity index (χ4v) is 0.592. The normalized spacial score (nSPS) is 14.5. The summed E-state index contributed by atoms with van der Waals surface area (Å²) in [6.45, 7) is 0. The van der Waals surface area contributed by atoms with E-state index < -0.39 is 14.2 Å². The number of ether oxygens (including phenoxy) is 1. The first-order valence-electron chi connectivity index (χ1n) is 4.25. The highest BCUT2D eigenvalue weighted by Gasteiger charge is 2.17. The molecule has 0 aliphatic carbocycles. The van der Waals surface area contributed by atoms with Gasteiger partial charge >= 0.3 is 7.12 Å². The van der Waals surface area contributed by atoms with E-state index in [-0.39, 0.29) is 11.3 Å². The first-order chi connectivity index (χ1) is 6.40. The summed E-state index contributed by atoms with van der Waals surface area (Å²) in [6, 6.07) is 0. The van der Waals surface area contributed by atoms with Gasteiger partial charge in [0, 0.05) is 6.20 Å². The number of nitrogens with zero attached hydrogens (tertiary/aromatic N) is 2. The molecule has 2 N–H and O–H groups in total. The number of aromatic nitrogens is 2. The van der Waals surface area contributed by atoms with Crippen LogP contribution in [0.2, 0.25) is 0 Å². The molecular weight excluding hydrogens is 147 g/mol. The summed E-state index contributed by atoms with van der Waals surface area (Å²) in [5.74, 6) is -0.366. The van der Waals surface area contributed by atoms with Gasteiger partial charge in [0.05, 0.1) is 16.6 Å². The van der Waals surface area contributed by atoms with Crippen LogP contribution in [0.5, 0.6) is 5.88 Å². The van der Waals surface area contributed by atoms with Crippen molar-refractivity contribution in [3.05, 3.63) is 12.5 Å². The zero-order chi connectivity index (χ0) is 10.8. The van der Waals surface area contributed by atoms with E-state index in [4.69, 9.17) is 14.2 Å². The van der Waals surface area contributed by atoms with Gasteiger partial charge in [-0.2, -0.15) is 0 Å². The van der Waals surface area contributed by atoms with Gasteiger partial charge in [0.2, 0.25) is 5.88 Å². The highest BCUT2D eigenvalue weighted by Crippen LogP contribution is 1.97. The molecule has 1 aromatic heterocycles. The molecular formula is C5H7BN2O3. The van der Waals surface area contributed by atoms with Gasteiger partial charge in [-0.15, -0.1) is 0 Å². The standard InChI is InChI=1S/C5H7BN2O3/c1-11-5-4(6(9)10)2-7-3-8-5/h2-3,9-10H,1H3/i1D3. The lowest BCUT2D eigenvalue weighted by atomic mass is 9.82. The Labute approximate surface area is 68.0 Å². The molecule has 0 unspecified atom stereocenters. The van der Waals surface area contributed by atoms with E-state index in [9.17, 15) is 0 Å². The second-order valence-electron chi connectivity index (χ2n) is 1.76. The van der Waals surface area contributed by atoms with Gasteiger partial charge in [0.1, 0.15) is 6.33 Å². The average molecular weight is 157 g/mol. The molecule has 0 amide bonds. The fraction of sp³-hybridized carbons (Fsp3) is 0.200. The van der Waals surface area contributed by atoms with Gasteiger partial charge in [-0.1, -0.05) is 0 Å². The van der Waals surface area contributed by atoms with Gasteiger partial charge < -0.3 is 14.8 Å². The minimum Gasteiger partial charge on any atom is -0.481 e. The molecule has 11 heavy (non-hydrogen) atoms.